The van der Waals surface area contributed by atoms with Gasteiger partial charge in [-0.3, -0.25) is 9.69 Å². The number of allylic oxidation sites excluding steroid dienone is 1. The summed E-state index contributed by atoms with van der Waals surface area (Å²) in [5.41, 5.74) is 13.4. The average molecular weight is 210 g/mol. The molecule has 2 aliphatic rings. The maximum Gasteiger partial charge on any atom is 0.319 e. The Bertz CT molecular complexity index is 387. The van der Waals surface area contributed by atoms with Crippen LogP contribution in [-0.4, -0.2) is 29.4 Å². The number of hydrogen-bond donors (Lipinski definition) is 3. The summed E-state index contributed by atoms with van der Waals surface area (Å²) in [6.45, 7) is 0.210. The van der Waals surface area contributed by atoms with Gasteiger partial charge in [0.05, 0.1) is 6.54 Å². The van der Waals surface area contributed by atoms with E-state index < -0.39 is 18.0 Å². The third kappa shape index (κ3) is 1.52. The minimum atomic E-state index is -0.702. The van der Waals surface area contributed by atoms with Gasteiger partial charge in [-0.1, -0.05) is 0 Å². The summed E-state index contributed by atoms with van der Waals surface area (Å²) in [7, 11) is 0. The van der Waals surface area contributed by atoms with Crippen molar-refractivity contribution in [3.05, 3.63) is 23.6 Å². The Morgan fingerprint density at radius 3 is 2.87 bits per heavy atom. The zero-order valence-corrected chi connectivity index (χ0v) is 7.77. The molecule has 7 heteroatoms. The average Bonchev–Trinajstić information content (AvgIpc) is 2.59. The maximum atomic E-state index is 11.0. The van der Waals surface area contributed by atoms with E-state index in [4.69, 9.17) is 16.3 Å². The van der Waals surface area contributed by atoms with Crippen molar-refractivity contribution in [2.75, 3.05) is 6.54 Å². The first-order chi connectivity index (χ1) is 7.09. The molecule has 7 nitrogen and oxygen atoms in total. The van der Waals surface area contributed by atoms with Gasteiger partial charge < -0.3 is 16.3 Å². The van der Waals surface area contributed by atoms with Gasteiger partial charge in [-0.2, -0.15) is 0 Å². The number of amides is 3. The van der Waals surface area contributed by atoms with E-state index in [0.29, 0.717) is 11.3 Å². The smallest absolute Gasteiger partial charge is 0.319 e. The molecule has 15 heavy (non-hydrogen) atoms. The van der Waals surface area contributed by atoms with Crippen LogP contribution in [0.5, 0.6) is 0 Å². The number of urea groups is 1. The second kappa shape index (κ2) is 3.28. The Morgan fingerprint density at radius 1 is 1.53 bits per heavy atom. The largest absolute Gasteiger partial charge is 0.408 e. The van der Waals surface area contributed by atoms with Crippen molar-refractivity contribution < 1.29 is 14.4 Å². The van der Waals surface area contributed by atoms with E-state index in [1.807, 2.05) is 0 Å². The lowest BCUT2D eigenvalue weighted by Gasteiger charge is -2.20. The third-order valence-corrected chi connectivity index (χ3v) is 2.27. The molecule has 2 heterocycles. The third-order valence-electron chi connectivity index (χ3n) is 2.27. The van der Waals surface area contributed by atoms with Crippen LogP contribution < -0.4 is 16.9 Å². The molecule has 0 aromatic rings. The Morgan fingerprint density at radius 2 is 2.27 bits per heavy atom. The molecule has 0 fully saturated rings. The highest BCUT2D eigenvalue weighted by Gasteiger charge is 2.34. The second-order valence-electron chi connectivity index (χ2n) is 3.23. The fourth-order valence-corrected chi connectivity index (χ4v) is 1.49. The minimum Gasteiger partial charge on any atom is -0.408 e. The van der Waals surface area contributed by atoms with Crippen molar-refractivity contribution in [3.63, 3.8) is 0 Å². The molecular weight excluding hydrogens is 200 g/mol. The Labute approximate surface area is 85.3 Å². The number of hydroxylamine groups is 1. The van der Waals surface area contributed by atoms with E-state index in [2.05, 4.69) is 5.48 Å². The van der Waals surface area contributed by atoms with Crippen LogP contribution in [0.1, 0.15) is 0 Å². The van der Waals surface area contributed by atoms with Crippen LogP contribution in [0.25, 0.3) is 0 Å². The fourth-order valence-electron chi connectivity index (χ4n) is 1.49. The molecule has 3 amide bonds. The van der Waals surface area contributed by atoms with Crippen molar-refractivity contribution in [1.29, 1.82) is 0 Å². The highest BCUT2D eigenvalue weighted by molar-refractivity contribution is 5.84. The van der Waals surface area contributed by atoms with Gasteiger partial charge >= 0.3 is 6.03 Å². The quantitative estimate of drug-likeness (QED) is 0.491. The zero-order chi connectivity index (χ0) is 11.0. The molecular formula is C8H10N4O3. The van der Waals surface area contributed by atoms with Crippen LogP contribution in [0.4, 0.5) is 4.79 Å². The lowest BCUT2D eigenvalue weighted by molar-refractivity contribution is -0.120. The van der Waals surface area contributed by atoms with Crippen molar-refractivity contribution in [3.8, 4) is 0 Å². The first-order valence-corrected chi connectivity index (χ1v) is 4.28. The fraction of sp³-hybridized carbons (Fsp3) is 0.250. The predicted octanol–water partition coefficient (Wildman–Crippen LogP) is -1.46. The van der Waals surface area contributed by atoms with Crippen LogP contribution in [0.3, 0.4) is 0 Å². The van der Waals surface area contributed by atoms with E-state index in [0.717, 1.165) is 0 Å². The second-order valence-corrected chi connectivity index (χ2v) is 3.23. The van der Waals surface area contributed by atoms with Gasteiger partial charge in [0.2, 0.25) is 5.91 Å². The van der Waals surface area contributed by atoms with Crippen molar-refractivity contribution in [2.24, 2.45) is 11.5 Å². The molecule has 1 unspecified atom stereocenters. The number of primary amides is 2. The van der Waals surface area contributed by atoms with Gasteiger partial charge in [-0.05, 0) is 6.08 Å². The Hall–Kier alpha value is -2.02. The van der Waals surface area contributed by atoms with Crippen LogP contribution in [0.2, 0.25) is 0 Å². The molecule has 2 rings (SSSR count). The molecule has 0 spiro atoms. The molecule has 0 aromatic carbocycles. The summed E-state index contributed by atoms with van der Waals surface area (Å²) < 4.78 is 0. The lowest BCUT2D eigenvalue weighted by atomic mass is 10.0. The minimum absolute atomic E-state index is 0.210. The number of hydrogen-bond acceptors (Lipinski definition) is 4. The summed E-state index contributed by atoms with van der Waals surface area (Å²) >= 11 is 0. The number of nitrogens with zero attached hydrogens (tertiary/aromatic N) is 1. The molecule has 1 atom stereocenters. The number of carbonyl (C=O) groups is 2. The topological polar surface area (TPSA) is 111 Å². The number of nitrogens with two attached hydrogens (primary N) is 2. The molecule has 2 aliphatic heterocycles. The normalized spacial score (nSPS) is 23.7. The molecule has 0 radical (unpaired) electrons. The number of carbonyl (C=O) groups excluding carboxylic acids is 2. The van der Waals surface area contributed by atoms with E-state index in [-0.39, 0.29) is 6.54 Å². The molecule has 0 saturated carbocycles. The van der Waals surface area contributed by atoms with E-state index >= 15 is 0 Å². The zero-order valence-electron chi connectivity index (χ0n) is 7.77. The summed E-state index contributed by atoms with van der Waals surface area (Å²) in [6, 6.07) is -1.29. The first-order valence-electron chi connectivity index (χ1n) is 4.28. The van der Waals surface area contributed by atoms with E-state index in [1.165, 1.54) is 11.1 Å². The van der Waals surface area contributed by atoms with E-state index in [9.17, 15) is 9.59 Å². The van der Waals surface area contributed by atoms with Crippen molar-refractivity contribution >= 4 is 11.9 Å². The molecule has 0 aliphatic carbocycles. The summed E-state index contributed by atoms with van der Waals surface area (Å²) in [5.74, 6) is -0.0454. The number of nitrogens with one attached hydrogen (secondary N) is 1. The highest BCUT2D eigenvalue weighted by atomic mass is 16.7. The van der Waals surface area contributed by atoms with Crippen molar-refractivity contribution in [1.82, 2.24) is 10.4 Å². The Kier molecular flexibility index (Phi) is 2.09. The van der Waals surface area contributed by atoms with Crippen LogP contribution in [0.15, 0.2) is 23.6 Å². The maximum absolute atomic E-state index is 11.0. The summed E-state index contributed by atoms with van der Waals surface area (Å²) in [4.78, 5) is 28.2. The molecule has 80 valence electrons. The first kappa shape index (κ1) is 9.53. The molecule has 0 bridgehead atoms. The monoisotopic (exact) mass is 210 g/mol. The van der Waals surface area contributed by atoms with Gasteiger partial charge in [0, 0.05) is 11.8 Å². The van der Waals surface area contributed by atoms with Gasteiger partial charge in [0.25, 0.3) is 0 Å². The standard InChI is InChI=1S/C8H10N4O3/c9-7(13)6-4-3-12(8(10)14)2-1-5(4)15-11-6/h1-2,6,11H,3H2,(H2,9,13)(H2,10,14). The van der Waals surface area contributed by atoms with E-state index in [1.54, 1.807) is 6.08 Å². The van der Waals surface area contributed by atoms with Crippen molar-refractivity contribution in [2.45, 2.75) is 6.04 Å². The lowest BCUT2D eigenvalue weighted by Crippen LogP contribution is -2.42. The van der Waals surface area contributed by atoms with Gasteiger partial charge in [0.1, 0.15) is 6.04 Å². The van der Waals surface area contributed by atoms with Gasteiger partial charge in [0.15, 0.2) is 5.76 Å². The molecule has 5 N–H and O–H groups in total. The van der Waals surface area contributed by atoms with Crippen LogP contribution >= 0.6 is 0 Å². The summed E-state index contributed by atoms with van der Waals surface area (Å²) in [6.07, 6.45) is 3.05. The molecule has 0 aromatic heterocycles. The number of rotatable bonds is 1. The van der Waals surface area contributed by atoms with Crippen LogP contribution in [0, 0.1) is 0 Å². The SMILES string of the molecule is NC(=O)C1NOC2=C1CN(C(N)=O)C=C2. The Balaban J connectivity index is 2.23. The highest BCUT2D eigenvalue weighted by Crippen LogP contribution is 2.23. The van der Waals surface area contributed by atoms with Crippen LogP contribution in [-0.2, 0) is 9.63 Å². The predicted molar refractivity (Wildman–Crippen MR) is 49.7 cm³/mol. The van der Waals surface area contributed by atoms with Gasteiger partial charge in [-0.25, -0.2) is 4.79 Å². The van der Waals surface area contributed by atoms with Gasteiger partial charge in [-0.15, -0.1) is 5.48 Å². The molecule has 0 saturated heterocycles. The summed E-state index contributed by atoms with van der Waals surface area (Å²) in [5, 5.41) is 0.